The second kappa shape index (κ2) is 8.75. The van der Waals surface area contributed by atoms with Crippen molar-refractivity contribution in [1.29, 1.82) is 0 Å². The molecule has 3 atom stereocenters. The summed E-state index contributed by atoms with van der Waals surface area (Å²) < 4.78 is 6.48. The number of carbonyl (C=O) groups excluding carboxylic acids is 2. The molecule has 5 nitrogen and oxygen atoms in total. The zero-order chi connectivity index (χ0) is 20.2. The van der Waals surface area contributed by atoms with Gasteiger partial charge in [-0.1, -0.05) is 50.1 Å². The quantitative estimate of drug-likeness (QED) is 0.549. The number of hydrogen-bond acceptors (Lipinski definition) is 4. The summed E-state index contributed by atoms with van der Waals surface area (Å²) >= 11 is 0. The van der Waals surface area contributed by atoms with Crippen LogP contribution in [0, 0.1) is 5.92 Å². The molecule has 3 unspecified atom stereocenters. The van der Waals surface area contributed by atoms with E-state index >= 15 is 0 Å². The highest BCUT2D eigenvalue weighted by atomic mass is 16.6. The zero-order valence-corrected chi connectivity index (χ0v) is 17.2. The molecule has 1 aromatic carbocycles. The lowest BCUT2D eigenvalue weighted by Gasteiger charge is -2.33. The lowest BCUT2D eigenvalue weighted by Crippen LogP contribution is -2.48. The number of Topliss-reactive ketones (excluding diaryl/α,β-unsaturated/α-hetero) is 1. The van der Waals surface area contributed by atoms with Crippen LogP contribution in [0.4, 0.5) is 0 Å². The standard InChI is InChI=1S/C23H34NO4/c1-3-9-20(25)16-24(2)15-14-21(17-24)28-22(26)23(27,19-12-7-8-13-19)18-10-5-4-6-11-18/h4-6,10-11,19,21,27H,3,7-9,12-17H2,1-2H3/q+1. The van der Waals surface area contributed by atoms with E-state index in [0.717, 1.165) is 45.1 Å². The van der Waals surface area contributed by atoms with Gasteiger partial charge in [0.2, 0.25) is 0 Å². The van der Waals surface area contributed by atoms with Crippen molar-refractivity contribution >= 4 is 11.8 Å². The highest BCUT2D eigenvalue weighted by Crippen LogP contribution is 2.42. The number of quaternary nitrogens is 1. The van der Waals surface area contributed by atoms with Crippen LogP contribution < -0.4 is 0 Å². The van der Waals surface area contributed by atoms with E-state index in [1.807, 2.05) is 37.3 Å². The van der Waals surface area contributed by atoms with Gasteiger partial charge >= 0.3 is 5.97 Å². The van der Waals surface area contributed by atoms with Crippen molar-refractivity contribution in [3.05, 3.63) is 35.9 Å². The van der Waals surface area contributed by atoms with Crippen LogP contribution >= 0.6 is 0 Å². The molecule has 1 heterocycles. The molecule has 1 N–H and O–H groups in total. The molecule has 1 aliphatic carbocycles. The van der Waals surface area contributed by atoms with Crippen molar-refractivity contribution in [2.24, 2.45) is 5.92 Å². The molecule has 0 aromatic heterocycles. The third kappa shape index (κ3) is 4.47. The monoisotopic (exact) mass is 388 g/mol. The Balaban J connectivity index is 1.70. The maximum Gasteiger partial charge on any atom is 0.343 e. The number of ether oxygens (including phenoxy) is 1. The number of rotatable bonds is 8. The van der Waals surface area contributed by atoms with Crippen LogP contribution in [-0.4, -0.2) is 54.1 Å². The molecule has 0 bridgehead atoms. The van der Waals surface area contributed by atoms with E-state index in [1.54, 1.807) is 0 Å². The van der Waals surface area contributed by atoms with Crippen LogP contribution in [0.1, 0.15) is 57.4 Å². The molecule has 1 aliphatic heterocycles. The van der Waals surface area contributed by atoms with Crippen molar-refractivity contribution in [2.45, 2.75) is 63.6 Å². The second-order valence-corrected chi connectivity index (χ2v) is 8.90. The van der Waals surface area contributed by atoms with Gasteiger partial charge in [-0.2, -0.15) is 0 Å². The summed E-state index contributed by atoms with van der Waals surface area (Å²) in [4.78, 5) is 25.3. The Hall–Kier alpha value is -1.72. The van der Waals surface area contributed by atoms with E-state index in [-0.39, 0.29) is 17.8 Å². The molecule has 5 heteroatoms. The lowest BCUT2D eigenvalue weighted by atomic mass is 9.80. The Morgan fingerprint density at radius 3 is 2.50 bits per heavy atom. The molecule has 1 saturated heterocycles. The van der Waals surface area contributed by atoms with Gasteiger partial charge in [-0.25, -0.2) is 4.79 Å². The van der Waals surface area contributed by atoms with Gasteiger partial charge in [0.15, 0.2) is 17.5 Å². The normalized spacial score (nSPS) is 27.5. The molecule has 28 heavy (non-hydrogen) atoms. The number of likely N-dealkylation sites (N-methyl/N-ethyl adjacent to an activating group) is 1. The smallest absolute Gasteiger partial charge is 0.343 e. The molecule has 1 saturated carbocycles. The number of hydrogen-bond donors (Lipinski definition) is 1. The van der Waals surface area contributed by atoms with Gasteiger partial charge in [0.1, 0.15) is 13.1 Å². The fraction of sp³-hybridized carbons (Fsp3) is 0.652. The van der Waals surface area contributed by atoms with E-state index in [0.29, 0.717) is 29.6 Å². The van der Waals surface area contributed by atoms with Gasteiger partial charge in [-0.05, 0) is 24.8 Å². The highest BCUT2D eigenvalue weighted by molar-refractivity contribution is 5.82. The second-order valence-electron chi connectivity index (χ2n) is 8.90. The Bertz CT molecular complexity index is 685. The van der Waals surface area contributed by atoms with Crippen molar-refractivity contribution in [3.8, 4) is 0 Å². The fourth-order valence-electron chi connectivity index (χ4n) is 4.95. The number of benzene rings is 1. The van der Waals surface area contributed by atoms with Gasteiger partial charge in [0.25, 0.3) is 0 Å². The van der Waals surface area contributed by atoms with E-state index in [4.69, 9.17) is 4.74 Å². The van der Waals surface area contributed by atoms with E-state index < -0.39 is 11.6 Å². The number of aliphatic hydroxyl groups is 1. The topological polar surface area (TPSA) is 63.6 Å². The summed E-state index contributed by atoms with van der Waals surface area (Å²) in [6.07, 6.45) is 5.70. The van der Waals surface area contributed by atoms with Crippen molar-refractivity contribution in [3.63, 3.8) is 0 Å². The number of carbonyl (C=O) groups is 2. The largest absolute Gasteiger partial charge is 0.454 e. The minimum Gasteiger partial charge on any atom is -0.454 e. The van der Waals surface area contributed by atoms with Gasteiger partial charge < -0.3 is 14.3 Å². The SMILES string of the molecule is CCCC(=O)C[N+]1(C)CCC(OC(=O)C(O)(c2ccccc2)C2CCCC2)C1. The van der Waals surface area contributed by atoms with Crippen LogP contribution in [0.5, 0.6) is 0 Å². The maximum absolute atomic E-state index is 13.2. The summed E-state index contributed by atoms with van der Waals surface area (Å²) in [5.74, 6) is -0.358. The highest BCUT2D eigenvalue weighted by Gasteiger charge is 2.49. The summed E-state index contributed by atoms with van der Waals surface area (Å²) in [5, 5.41) is 11.5. The Morgan fingerprint density at radius 1 is 1.18 bits per heavy atom. The first-order chi connectivity index (χ1) is 13.4. The first-order valence-electron chi connectivity index (χ1n) is 10.7. The predicted octanol–water partition coefficient (Wildman–Crippen LogP) is 3.20. The molecular weight excluding hydrogens is 354 g/mol. The summed E-state index contributed by atoms with van der Waals surface area (Å²) in [5.41, 5.74) is -0.956. The molecule has 154 valence electrons. The molecule has 2 fully saturated rings. The Morgan fingerprint density at radius 2 is 1.86 bits per heavy atom. The fourth-order valence-corrected chi connectivity index (χ4v) is 4.95. The molecule has 2 aliphatic rings. The average Bonchev–Trinajstić information content (AvgIpc) is 3.32. The average molecular weight is 389 g/mol. The Kier molecular flexibility index (Phi) is 6.56. The van der Waals surface area contributed by atoms with Gasteiger partial charge in [-0.3, -0.25) is 4.79 Å². The predicted molar refractivity (Wildman–Crippen MR) is 107 cm³/mol. The third-order valence-electron chi connectivity index (χ3n) is 6.47. The molecule has 3 rings (SSSR count). The first-order valence-corrected chi connectivity index (χ1v) is 10.7. The van der Waals surface area contributed by atoms with Crippen LogP contribution in [0.2, 0.25) is 0 Å². The number of likely N-dealkylation sites (tertiary alicyclic amines) is 1. The molecule has 1 aromatic rings. The Labute approximate surface area is 168 Å². The van der Waals surface area contributed by atoms with Crippen molar-refractivity contribution in [2.75, 3.05) is 26.7 Å². The molecule has 0 amide bonds. The maximum atomic E-state index is 13.2. The molecular formula is C23H34NO4+. The lowest BCUT2D eigenvalue weighted by molar-refractivity contribution is -0.891. The minimum absolute atomic E-state index is 0.101. The zero-order valence-electron chi connectivity index (χ0n) is 17.2. The first kappa shape index (κ1) is 21.0. The molecule has 0 spiro atoms. The van der Waals surface area contributed by atoms with E-state index in [9.17, 15) is 14.7 Å². The van der Waals surface area contributed by atoms with Gasteiger partial charge in [-0.15, -0.1) is 0 Å². The minimum atomic E-state index is -1.58. The number of ketones is 1. The summed E-state index contributed by atoms with van der Waals surface area (Å²) in [7, 11) is 2.06. The van der Waals surface area contributed by atoms with E-state index in [1.165, 1.54) is 0 Å². The van der Waals surface area contributed by atoms with Gasteiger partial charge in [0, 0.05) is 18.8 Å². The van der Waals surface area contributed by atoms with Crippen molar-refractivity contribution < 1.29 is 23.9 Å². The van der Waals surface area contributed by atoms with Crippen LogP contribution in [-0.2, 0) is 19.9 Å². The van der Waals surface area contributed by atoms with Gasteiger partial charge in [0.05, 0.1) is 13.6 Å². The number of esters is 1. The van der Waals surface area contributed by atoms with Crippen LogP contribution in [0.15, 0.2) is 30.3 Å². The van der Waals surface area contributed by atoms with E-state index in [2.05, 4.69) is 7.05 Å². The number of nitrogens with zero attached hydrogens (tertiary/aromatic N) is 1. The van der Waals surface area contributed by atoms with Crippen LogP contribution in [0.25, 0.3) is 0 Å². The van der Waals surface area contributed by atoms with Crippen molar-refractivity contribution in [1.82, 2.24) is 0 Å². The summed E-state index contributed by atoms with van der Waals surface area (Å²) in [6.45, 7) is 3.96. The van der Waals surface area contributed by atoms with Crippen LogP contribution in [0.3, 0.4) is 0 Å². The summed E-state index contributed by atoms with van der Waals surface area (Å²) in [6, 6.07) is 9.23. The molecule has 0 radical (unpaired) electrons. The third-order valence-corrected chi connectivity index (χ3v) is 6.47.